The number of anilines is 4. The standard InChI is InChI=1S/C26H31F3N8O3/c1-6-9-35(14-26(27,28)29)24(31)39-13-18-33-21(30)20-22(34-18)37(23(38)25(20,4)5)17-7-8-19(32-10-17)36-11-15(2)40-16(3)12-36/h1,7-8,10,15-16,31H,9,11-14H2,2-5H3,(H2,30,33,34)/t15-,16+. The molecule has 1 amide bonds. The van der Waals surface area contributed by atoms with Crippen LogP contribution in [0.3, 0.4) is 0 Å². The summed E-state index contributed by atoms with van der Waals surface area (Å²) in [5.74, 6) is 2.72. The molecule has 2 aromatic heterocycles. The first-order valence-electron chi connectivity index (χ1n) is 12.6. The third kappa shape index (κ3) is 5.89. The van der Waals surface area contributed by atoms with Gasteiger partial charge in [0.15, 0.2) is 12.4 Å². The molecular weight excluding hydrogens is 529 g/mol. The fourth-order valence-electron chi connectivity index (χ4n) is 4.87. The topological polar surface area (TPSA) is 134 Å². The number of amides is 1. The van der Waals surface area contributed by atoms with Crippen LogP contribution in [0.25, 0.3) is 0 Å². The number of alkyl halides is 3. The van der Waals surface area contributed by atoms with Gasteiger partial charge in [0.2, 0.25) is 5.91 Å². The molecule has 0 aliphatic carbocycles. The summed E-state index contributed by atoms with van der Waals surface area (Å²) in [5.41, 5.74) is 6.04. The van der Waals surface area contributed by atoms with E-state index < -0.39 is 37.3 Å². The van der Waals surface area contributed by atoms with Crippen molar-refractivity contribution in [1.82, 2.24) is 19.9 Å². The number of nitrogens with one attached hydrogen (secondary N) is 1. The van der Waals surface area contributed by atoms with Crippen LogP contribution in [0.15, 0.2) is 18.3 Å². The maximum atomic E-state index is 13.5. The van der Waals surface area contributed by atoms with Crippen LogP contribution >= 0.6 is 0 Å². The van der Waals surface area contributed by atoms with E-state index in [1.54, 1.807) is 26.1 Å². The number of terminal acetylenes is 1. The van der Waals surface area contributed by atoms with E-state index in [9.17, 15) is 18.0 Å². The second-order valence-electron chi connectivity index (χ2n) is 10.3. The minimum atomic E-state index is -4.59. The average Bonchev–Trinajstić information content (AvgIpc) is 3.06. The second-order valence-corrected chi connectivity index (χ2v) is 10.3. The van der Waals surface area contributed by atoms with E-state index in [1.807, 2.05) is 19.9 Å². The van der Waals surface area contributed by atoms with Gasteiger partial charge < -0.3 is 25.0 Å². The van der Waals surface area contributed by atoms with Crippen LogP contribution in [-0.4, -0.2) is 76.3 Å². The number of nitrogens with zero attached hydrogens (tertiary/aromatic N) is 6. The van der Waals surface area contributed by atoms with Crippen LogP contribution in [-0.2, 0) is 26.3 Å². The maximum absolute atomic E-state index is 13.5. The first kappa shape index (κ1) is 28.9. The van der Waals surface area contributed by atoms with Crippen LogP contribution in [0, 0.1) is 17.8 Å². The van der Waals surface area contributed by atoms with Crippen molar-refractivity contribution < 1.29 is 27.4 Å². The molecule has 4 heterocycles. The Morgan fingerprint density at radius 3 is 2.55 bits per heavy atom. The fraction of sp³-hybridized carbons (Fsp3) is 0.500. The zero-order valence-corrected chi connectivity index (χ0v) is 22.6. The molecule has 0 unspecified atom stereocenters. The molecule has 0 radical (unpaired) electrons. The van der Waals surface area contributed by atoms with Gasteiger partial charge in [0.25, 0.3) is 6.02 Å². The lowest BCUT2D eigenvalue weighted by Crippen LogP contribution is -2.45. The SMILES string of the molecule is C#CCN(CC(F)(F)F)C(=N)OCc1nc(N)c2c(n1)N(c1ccc(N3C[C@@H](C)O[C@@H](C)C3)nc1)C(=O)C2(C)C. The number of nitrogens with two attached hydrogens (primary N) is 1. The lowest BCUT2D eigenvalue weighted by molar-refractivity contribution is -0.139. The summed E-state index contributed by atoms with van der Waals surface area (Å²) in [6.07, 6.45) is 2.22. The molecule has 2 aliphatic heterocycles. The maximum Gasteiger partial charge on any atom is 0.406 e. The van der Waals surface area contributed by atoms with Crippen molar-refractivity contribution in [2.45, 2.75) is 58.1 Å². The summed E-state index contributed by atoms with van der Waals surface area (Å²) in [4.78, 5) is 30.8. The van der Waals surface area contributed by atoms with E-state index >= 15 is 0 Å². The minimum Gasteiger partial charge on any atom is -0.457 e. The lowest BCUT2D eigenvalue weighted by Gasteiger charge is -2.36. The van der Waals surface area contributed by atoms with Crippen molar-refractivity contribution in [2.24, 2.45) is 0 Å². The molecule has 3 N–H and O–H groups in total. The van der Waals surface area contributed by atoms with E-state index in [-0.39, 0.29) is 35.6 Å². The van der Waals surface area contributed by atoms with Gasteiger partial charge in [-0.15, -0.1) is 6.42 Å². The van der Waals surface area contributed by atoms with Crippen LogP contribution in [0.2, 0.25) is 0 Å². The zero-order valence-electron chi connectivity index (χ0n) is 22.6. The summed E-state index contributed by atoms with van der Waals surface area (Å²) < 4.78 is 49.7. The number of pyridine rings is 1. The van der Waals surface area contributed by atoms with Crippen LogP contribution in [0.1, 0.15) is 39.1 Å². The molecule has 1 saturated heterocycles. The molecule has 0 spiro atoms. The molecular formula is C26H31F3N8O3. The number of carbonyl (C=O) groups is 1. The Kier molecular flexibility index (Phi) is 7.80. The zero-order chi connectivity index (χ0) is 29.4. The molecule has 214 valence electrons. The first-order chi connectivity index (χ1) is 18.7. The van der Waals surface area contributed by atoms with Gasteiger partial charge >= 0.3 is 6.18 Å². The van der Waals surface area contributed by atoms with Gasteiger partial charge in [0, 0.05) is 13.1 Å². The van der Waals surface area contributed by atoms with Crippen molar-refractivity contribution in [2.75, 3.05) is 41.7 Å². The Balaban J connectivity index is 1.59. The number of rotatable bonds is 6. The van der Waals surface area contributed by atoms with E-state index in [0.29, 0.717) is 29.2 Å². The second kappa shape index (κ2) is 10.8. The number of ether oxygens (including phenoxy) is 2. The minimum absolute atomic E-state index is 0.0209. The number of hydrogen-bond donors (Lipinski definition) is 2. The van der Waals surface area contributed by atoms with E-state index in [0.717, 1.165) is 5.82 Å². The molecule has 11 nitrogen and oxygen atoms in total. The molecule has 40 heavy (non-hydrogen) atoms. The van der Waals surface area contributed by atoms with Crippen molar-refractivity contribution in [1.29, 1.82) is 5.41 Å². The third-order valence-corrected chi connectivity index (χ3v) is 6.55. The average molecular weight is 561 g/mol. The van der Waals surface area contributed by atoms with Crippen LogP contribution in [0.5, 0.6) is 0 Å². The Hall–Kier alpha value is -4.12. The van der Waals surface area contributed by atoms with Gasteiger partial charge in [-0.25, -0.2) is 15.0 Å². The van der Waals surface area contributed by atoms with Gasteiger partial charge in [0.1, 0.15) is 24.0 Å². The largest absolute Gasteiger partial charge is 0.457 e. The number of morpholine rings is 1. The number of fused-ring (bicyclic) bond motifs is 1. The summed E-state index contributed by atoms with van der Waals surface area (Å²) in [5, 5.41) is 7.92. The smallest absolute Gasteiger partial charge is 0.406 e. The Bertz CT molecular complexity index is 1320. The van der Waals surface area contributed by atoms with Crippen molar-refractivity contribution in [3.05, 3.63) is 29.7 Å². The predicted molar refractivity (Wildman–Crippen MR) is 142 cm³/mol. The highest BCUT2D eigenvalue weighted by Crippen LogP contribution is 2.46. The third-order valence-electron chi connectivity index (χ3n) is 6.55. The molecule has 1 fully saturated rings. The van der Waals surface area contributed by atoms with E-state index in [4.69, 9.17) is 27.0 Å². The molecule has 4 rings (SSSR count). The summed E-state index contributed by atoms with van der Waals surface area (Å²) in [7, 11) is 0. The predicted octanol–water partition coefficient (Wildman–Crippen LogP) is 2.97. The number of hydrogen-bond acceptors (Lipinski definition) is 9. The fourth-order valence-corrected chi connectivity index (χ4v) is 4.87. The molecule has 2 aliphatic rings. The normalized spacial score (nSPS) is 20.2. The van der Waals surface area contributed by atoms with Gasteiger partial charge in [-0.05, 0) is 39.8 Å². The highest BCUT2D eigenvalue weighted by molar-refractivity contribution is 6.12. The molecule has 14 heteroatoms. The summed E-state index contributed by atoms with van der Waals surface area (Å²) in [6.45, 7) is 6.35. The highest BCUT2D eigenvalue weighted by Gasteiger charge is 2.48. The van der Waals surface area contributed by atoms with Crippen LogP contribution < -0.4 is 15.5 Å². The quantitative estimate of drug-likeness (QED) is 0.311. The number of aromatic nitrogens is 3. The molecule has 0 saturated carbocycles. The molecule has 0 aromatic carbocycles. The number of amidine groups is 1. The Morgan fingerprint density at radius 1 is 1.30 bits per heavy atom. The van der Waals surface area contributed by atoms with E-state index in [1.165, 1.54) is 4.90 Å². The van der Waals surface area contributed by atoms with Crippen molar-refractivity contribution >= 4 is 35.1 Å². The van der Waals surface area contributed by atoms with Crippen LogP contribution in [0.4, 0.5) is 36.3 Å². The van der Waals surface area contributed by atoms with Crippen molar-refractivity contribution in [3.63, 3.8) is 0 Å². The van der Waals surface area contributed by atoms with E-state index in [2.05, 4.69) is 25.8 Å². The lowest BCUT2D eigenvalue weighted by atomic mass is 9.87. The van der Waals surface area contributed by atoms with Gasteiger partial charge in [-0.2, -0.15) is 13.2 Å². The Morgan fingerprint density at radius 2 is 1.98 bits per heavy atom. The molecule has 2 atom stereocenters. The Labute approximate surface area is 230 Å². The van der Waals surface area contributed by atoms with Gasteiger partial charge in [-0.1, -0.05) is 5.92 Å². The molecule has 0 bridgehead atoms. The van der Waals surface area contributed by atoms with Gasteiger partial charge in [0.05, 0.1) is 41.6 Å². The summed E-state index contributed by atoms with van der Waals surface area (Å²) >= 11 is 0. The monoisotopic (exact) mass is 560 g/mol. The number of halogens is 3. The highest BCUT2D eigenvalue weighted by atomic mass is 19.4. The molecule has 2 aromatic rings. The summed E-state index contributed by atoms with van der Waals surface area (Å²) in [6, 6.07) is 2.78. The van der Waals surface area contributed by atoms with Gasteiger partial charge in [-0.3, -0.25) is 15.1 Å². The number of carbonyl (C=O) groups excluding carboxylic acids is 1. The number of nitrogen functional groups attached to an aromatic ring is 1. The first-order valence-corrected chi connectivity index (χ1v) is 12.6. The van der Waals surface area contributed by atoms with Crippen molar-refractivity contribution in [3.8, 4) is 12.3 Å².